The van der Waals surface area contributed by atoms with Gasteiger partial charge in [0.1, 0.15) is 12.3 Å². The molecule has 9 heteroatoms. The van der Waals surface area contributed by atoms with Gasteiger partial charge in [-0.15, -0.1) is 0 Å². The van der Waals surface area contributed by atoms with Crippen molar-refractivity contribution in [3.8, 4) is 5.75 Å². The van der Waals surface area contributed by atoms with Crippen molar-refractivity contribution in [3.05, 3.63) is 48.0 Å². The fraction of sp³-hybridized carbons (Fsp3) is 0.391. The maximum Gasteiger partial charge on any atom is 0.265 e. The highest BCUT2D eigenvalue weighted by molar-refractivity contribution is 7.89. The quantitative estimate of drug-likeness (QED) is 0.665. The Morgan fingerprint density at radius 2 is 1.94 bits per heavy atom. The van der Waals surface area contributed by atoms with Gasteiger partial charge >= 0.3 is 0 Å². The Morgan fingerprint density at radius 1 is 1.16 bits per heavy atom. The van der Waals surface area contributed by atoms with Crippen molar-refractivity contribution in [1.29, 1.82) is 0 Å². The van der Waals surface area contributed by atoms with Gasteiger partial charge in [-0.25, -0.2) is 13.1 Å². The van der Waals surface area contributed by atoms with Gasteiger partial charge in [0, 0.05) is 11.7 Å². The molecule has 2 aliphatic rings. The lowest BCUT2D eigenvalue weighted by molar-refractivity contribution is -0.123. The smallest absolute Gasteiger partial charge is 0.265 e. The standard InChI is InChI=1S/C23H27N3O5S/c1-2-16-6-5-9-18(12-16)24-22(27)14-26-20-13-19(10-11-21(20)31-15-23(26)28)32(29,30)25-17-7-3-4-8-17/h5-6,9-13,17,25H,2-4,7-8,14-15H2,1H3,(H,24,27). The maximum absolute atomic E-state index is 12.9. The highest BCUT2D eigenvalue weighted by Crippen LogP contribution is 2.34. The number of hydrogen-bond acceptors (Lipinski definition) is 5. The van der Waals surface area contributed by atoms with E-state index >= 15 is 0 Å². The summed E-state index contributed by atoms with van der Waals surface area (Å²) < 4.78 is 33.9. The van der Waals surface area contributed by atoms with Crippen LogP contribution in [0, 0.1) is 0 Å². The zero-order valence-electron chi connectivity index (χ0n) is 18.0. The molecule has 0 spiro atoms. The Hall–Kier alpha value is -2.91. The van der Waals surface area contributed by atoms with Crippen LogP contribution in [-0.2, 0) is 26.0 Å². The summed E-state index contributed by atoms with van der Waals surface area (Å²) in [6.45, 7) is 1.57. The zero-order valence-corrected chi connectivity index (χ0v) is 18.8. The molecule has 4 rings (SSSR count). The molecule has 1 aliphatic heterocycles. The minimum Gasteiger partial charge on any atom is -0.482 e. The van der Waals surface area contributed by atoms with Gasteiger partial charge in [0.15, 0.2) is 6.61 Å². The molecule has 0 unspecified atom stereocenters. The maximum atomic E-state index is 12.9. The lowest BCUT2D eigenvalue weighted by atomic mass is 10.1. The number of amides is 2. The Bertz CT molecular complexity index is 1130. The third-order valence-corrected chi connectivity index (χ3v) is 7.30. The van der Waals surface area contributed by atoms with Crippen molar-refractivity contribution in [3.63, 3.8) is 0 Å². The van der Waals surface area contributed by atoms with E-state index < -0.39 is 15.9 Å². The van der Waals surface area contributed by atoms with Crippen molar-refractivity contribution in [2.45, 2.75) is 50.0 Å². The van der Waals surface area contributed by atoms with Crippen LogP contribution in [0.3, 0.4) is 0 Å². The second kappa shape index (κ2) is 9.30. The van der Waals surface area contributed by atoms with Gasteiger partial charge in [0.2, 0.25) is 15.9 Å². The lowest BCUT2D eigenvalue weighted by Gasteiger charge is -2.29. The Morgan fingerprint density at radius 3 is 2.69 bits per heavy atom. The van der Waals surface area contributed by atoms with Crippen LogP contribution in [0.5, 0.6) is 5.75 Å². The molecular formula is C23H27N3O5S. The van der Waals surface area contributed by atoms with E-state index in [1.165, 1.54) is 23.1 Å². The number of anilines is 2. The van der Waals surface area contributed by atoms with Crippen LogP contribution >= 0.6 is 0 Å². The lowest BCUT2D eigenvalue weighted by Crippen LogP contribution is -2.43. The van der Waals surface area contributed by atoms with E-state index in [0.29, 0.717) is 11.4 Å². The highest BCUT2D eigenvalue weighted by Gasteiger charge is 2.30. The molecule has 1 saturated carbocycles. The largest absolute Gasteiger partial charge is 0.482 e. The molecule has 2 amide bonds. The van der Waals surface area contributed by atoms with Crippen LogP contribution in [0.25, 0.3) is 0 Å². The van der Waals surface area contributed by atoms with Crippen LogP contribution < -0.4 is 19.7 Å². The van der Waals surface area contributed by atoms with E-state index in [4.69, 9.17) is 4.74 Å². The number of rotatable bonds is 7. The number of hydrogen-bond donors (Lipinski definition) is 2. The number of carbonyl (C=O) groups excluding carboxylic acids is 2. The molecule has 2 N–H and O–H groups in total. The Labute approximate surface area is 188 Å². The number of nitrogens with zero attached hydrogens (tertiary/aromatic N) is 1. The van der Waals surface area contributed by atoms with Gasteiger partial charge in [0.05, 0.1) is 10.6 Å². The molecule has 2 aromatic rings. The molecule has 1 heterocycles. The van der Waals surface area contributed by atoms with E-state index in [-0.39, 0.29) is 35.7 Å². The molecule has 8 nitrogen and oxygen atoms in total. The first-order valence-corrected chi connectivity index (χ1v) is 12.3. The predicted molar refractivity (Wildman–Crippen MR) is 121 cm³/mol. The summed E-state index contributed by atoms with van der Waals surface area (Å²) in [6, 6.07) is 11.8. The number of fused-ring (bicyclic) bond motifs is 1. The van der Waals surface area contributed by atoms with Crippen LogP contribution in [0.1, 0.15) is 38.2 Å². The minimum atomic E-state index is -3.75. The molecule has 32 heavy (non-hydrogen) atoms. The van der Waals surface area contributed by atoms with Gasteiger partial charge in [0.25, 0.3) is 5.91 Å². The van der Waals surface area contributed by atoms with Crippen LogP contribution in [-0.4, -0.2) is 39.4 Å². The number of aryl methyl sites for hydroxylation is 1. The van der Waals surface area contributed by atoms with Crippen molar-refractivity contribution in [2.24, 2.45) is 0 Å². The van der Waals surface area contributed by atoms with Crippen LogP contribution in [0.15, 0.2) is 47.4 Å². The highest BCUT2D eigenvalue weighted by atomic mass is 32.2. The number of benzene rings is 2. The van der Waals surface area contributed by atoms with Crippen molar-refractivity contribution in [2.75, 3.05) is 23.4 Å². The van der Waals surface area contributed by atoms with E-state index in [1.54, 1.807) is 6.07 Å². The average Bonchev–Trinajstić information content (AvgIpc) is 3.28. The SMILES string of the molecule is CCc1cccc(NC(=O)CN2C(=O)COc3ccc(S(=O)(=O)NC4CCCC4)cc32)c1. The van der Waals surface area contributed by atoms with Gasteiger partial charge < -0.3 is 10.1 Å². The second-order valence-electron chi connectivity index (χ2n) is 8.10. The monoisotopic (exact) mass is 457 g/mol. The van der Waals surface area contributed by atoms with Gasteiger partial charge in [-0.2, -0.15) is 0 Å². The third kappa shape index (κ3) is 4.94. The summed E-state index contributed by atoms with van der Waals surface area (Å²) >= 11 is 0. The Balaban J connectivity index is 1.54. The molecule has 1 aliphatic carbocycles. The van der Waals surface area contributed by atoms with Crippen molar-refractivity contribution >= 4 is 33.2 Å². The molecule has 0 atom stereocenters. The number of carbonyl (C=O) groups is 2. The molecule has 0 bridgehead atoms. The predicted octanol–water partition coefficient (Wildman–Crippen LogP) is 2.83. The number of nitrogens with one attached hydrogen (secondary N) is 2. The van der Waals surface area contributed by atoms with Gasteiger partial charge in [-0.3, -0.25) is 14.5 Å². The van der Waals surface area contributed by atoms with E-state index in [2.05, 4.69) is 10.0 Å². The van der Waals surface area contributed by atoms with E-state index in [0.717, 1.165) is 37.7 Å². The fourth-order valence-electron chi connectivity index (χ4n) is 4.07. The van der Waals surface area contributed by atoms with E-state index in [9.17, 15) is 18.0 Å². The molecule has 0 radical (unpaired) electrons. The fourth-order valence-corrected chi connectivity index (χ4v) is 5.39. The average molecular weight is 458 g/mol. The third-order valence-electron chi connectivity index (χ3n) is 5.78. The van der Waals surface area contributed by atoms with E-state index in [1.807, 2.05) is 25.1 Å². The van der Waals surface area contributed by atoms with Crippen LogP contribution in [0.4, 0.5) is 11.4 Å². The summed E-state index contributed by atoms with van der Waals surface area (Å²) in [5, 5.41) is 2.80. The topological polar surface area (TPSA) is 105 Å². The molecule has 2 aromatic carbocycles. The summed E-state index contributed by atoms with van der Waals surface area (Å²) in [5.41, 5.74) is 2.00. The first-order chi connectivity index (χ1) is 15.4. The first kappa shape index (κ1) is 22.3. The second-order valence-corrected chi connectivity index (χ2v) is 9.82. The number of ether oxygens (including phenoxy) is 1. The van der Waals surface area contributed by atoms with Gasteiger partial charge in [-0.1, -0.05) is 31.9 Å². The van der Waals surface area contributed by atoms with Crippen LogP contribution in [0.2, 0.25) is 0 Å². The number of sulfonamides is 1. The summed E-state index contributed by atoms with van der Waals surface area (Å²) in [6.07, 6.45) is 4.48. The molecule has 0 aromatic heterocycles. The molecule has 1 fully saturated rings. The summed E-state index contributed by atoms with van der Waals surface area (Å²) in [5.74, 6) is -0.421. The zero-order chi connectivity index (χ0) is 22.7. The molecule has 170 valence electrons. The first-order valence-electron chi connectivity index (χ1n) is 10.8. The Kier molecular flexibility index (Phi) is 6.48. The van der Waals surface area contributed by atoms with Crippen molar-refractivity contribution < 1.29 is 22.7 Å². The molecular weight excluding hydrogens is 430 g/mol. The normalized spacial score (nSPS) is 16.5. The summed E-state index contributed by atoms with van der Waals surface area (Å²) in [7, 11) is -3.75. The van der Waals surface area contributed by atoms with Crippen molar-refractivity contribution in [1.82, 2.24) is 4.72 Å². The summed E-state index contributed by atoms with van der Waals surface area (Å²) in [4.78, 5) is 26.5. The minimum absolute atomic E-state index is 0.0440. The molecule has 0 saturated heterocycles. The van der Waals surface area contributed by atoms with Gasteiger partial charge in [-0.05, 0) is 55.2 Å².